The van der Waals surface area contributed by atoms with E-state index >= 15 is 0 Å². The molecule has 0 atom stereocenters. The number of carbonyl (C=O) groups excluding carboxylic acids is 1. The summed E-state index contributed by atoms with van der Waals surface area (Å²) in [5.74, 6) is -0.283. The van der Waals surface area contributed by atoms with Gasteiger partial charge < -0.3 is 4.74 Å². The fourth-order valence-corrected chi connectivity index (χ4v) is 2.96. The zero-order valence-corrected chi connectivity index (χ0v) is 11.3. The molecule has 0 aromatic heterocycles. The molecule has 0 radical (unpaired) electrons. The lowest BCUT2D eigenvalue weighted by molar-refractivity contribution is 0.0526. The number of esters is 1. The minimum Gasteiger partial charge on any atom is -0.462 e. The fourth-order valence-electron chi connectivity index (χ4n) is 2.96. The zero-order chi connectivity index (χ0) is 13.7. The number of carbonyl (C=O) groups is 1. The number of hydrogen-bond donors (Lipinski definition) is 0. The SMILES string of the molecule is CCOC(=O)c1cccc(C2(CC#N)CCCC2)c1. The van der Waals surface area contributed by atoms with E-state index in [0.29, 0.717) is 18.6 Å². The van der Waals surface area contributed by atoms with E-state index in [2.05, 4.69) is 6.07 Å². The van der Waals surface area contributed by atoms with Crippen molar-refractivity contribution < 1.29 is 9.53 Å². The van der Waals surface area contributed by atoms with Gasteiger partial charge in [0.1, 0.15) is 0 Å². The maximum absolute atomic E-state index is 11.8. The Hall–Kier alpha value is -1.82. The third kappa shape index (κ3) is 2.78. The minimum absolute atomic E-state index is 0.0583. The van der Waals surface area contributed by atoms with Gasteiger partial charge in [0.25, 0.3) is 0 Å². The standard InChI is InChI=1S/C16H19NO2/c1-2-19-15(18)13-6-5-7-14(12-13)16(10-11-17)8-3-4-9-16/h5-7,12H,2-4,8-10H2,1H3. The molecule has 3 nitrogen and oxygen atoms in total. The van der Waals surface area contributed by atoms with Gasteiger partial charge >= 0.3 is 5.97 Å². The van der Waals surface area contributed by atoms with Crippen LogP contribution in [0, 0.1) is 11.3 Å². The summed E-state index contributed by atoms with van der Waals surface area (Å²) < 4.78 is 5.03. The quantitative estimate of drug-likeness (QED) is 0.774. The largest absolute Gasteiger partial charge is 0.462 e. The van der Waals surface area contributed by atoms with Gasteiger partial charge in [0.05, 0.1) is 18.2 Å². The highest BCUT2D eigenvalue weighted by Gasteiger charge is 2.35. The minimum atomic E-state index is -0.283. The molecular weight excluding hydrogens is 238 g/mol. The van der Waals surface area contributed by atoms with Gasteiger partial charge in [-0.25, -0.2) is 4.79 Å². The Bertz CT molecular complexity index is 496. The molecule has 1 aromatic carbocycles. The molecule has 19 heavy (non-hydrogen) atoms. The Morgan fingerprint density at radius 2 is 2.16 bits per heavy atom. The van der Waals surface area contributed by atoms with E-state index in [1.54, 1.807) is 13.0 Å². The number of ether oxygens (including phenoxy) is 1. The van der Waals surface area contributed by atoms with Crippen molar-refractivity contribution in [1.29, 1.82) is 5.26 Å². The summed E-state index contributed by atoms with van der Waals surface area (Å²) in [6.07, 6.45) is 4.91. The monoisotopic (exact) mass is 257 g/mol. The van der Waals surface area contributed by atoms with Crippen molar-refractivity contribution in [2.24, 2.45) is 0 Å². The van der Waals surface area contributed by atoms with Crippen molar-refractivity contribution in [3.8, 4) is 6.07 Å². The molecule has 1 aromatic rings. The molecule has 0 bridgehead atoms. The summed E-state index contributed by atoms with van der Waals surface area (Å²) in [5.41, 5.74) is 1.64. The molecule has 0 saturated heterocycles. The average Bonchev–Trinajstić information content (AvgIpc) is 2.89. The van der Waals surface area contributed by atoms with Crippen molar-refractivity contribution in [1.82, 2.24) is 0 Å². The van der Waals surface area contributed by atoms with E-state index < -0.39 is 0 Å². The normalized spacial score (nSPS) is 16.8. The second-order valence-electron chi connectivity index (χ2n) is 5.12. The van der Waals surface area contributed by atoms with E-state index in [9.17, 15) is 4.79 Å². The molecule has 1 fully saturated rings. The Morgan fingerprint density at radius 3 is 2.79 bits per heavy atom. The number of hydrogen-bond acceptors (Lipinski definition) is 3. The van der Waals surface area contributed by atoms with Crippen molar-refractivity contribution in [2.45, 2.75) is 44.4 Å². The lowest BCUT2D eigenvalue weighted by atomic mass is 9.76. The predicted octanol–water partition coefficient (Wildman–Crippen LogP) is 3.59. The molecule has 0 unspecified atom stereocenters. The summed E-state index contributed by atoms with van der Waals surface area (Å²) in [6.45, 7) is 2.18. The Labute approximate surface area is 114 Å². The van der Waals surface area contributed by atoms with Gasteiger partial charge in [-0.1, -0.05) is 25.0 Å². The van der Waals surface area contributed by atoms with Gasteiger partial charge in [0.15, 0.2) is 0 Å². The maximum atomic E-state index is 11.8. The second-order valence-corrected chi connectivity index (χ2v) is 5.12. The third-order valence-electron chi connectivity index (χ3n) is 3.96. The van der Waals surface area contributed by atoms with Gasteiger partial charge in [0.2, 0.25) is 0 Å². The first-order valence-electron chi connectivity index (χ1n) is 6.86. The van der Waals surface area contributed by atoms with E-state index in [-0.39, 0.29) is 11.4 Å². The topological polar surface area (TPSA) is 50.1 Å². The van der Waals surface area contributed by atoms with Crippen LogP contribution in [0.15, 0.2) is 24.3 Å². The number of nitriles is 1. The summed E-state index contributed by atoms with van der Waals surface area (Å²) in [5, 5.41) is 9.07. The van der Waals surface area contributed by atoms with E-state index in [4.69, 9.17) is 10.00 Å². The smallest absolute Gasteiger partial charge is 0.338 e. The van der Waals surface area contributed by atoms with Crippen LogP contribution < -0.4 is 0 Å². The van der Waals surface area contributed by atoms with Crippen LogP contribution in [0.2, 0.25) is 0 Å². The zero-order valence-electron chi connectivity index (χ0n) is 11.3. The van der Waals surface area contributed by atoms with Crippen molar-refractivity contribution in [3.05, 3.63) is 35.4 Å². The van der Waals surface area contributed by atoms with Crippen LogP contribution in [-0.2, 0) is 10.2 Å². The van der Waals surface area contributed by atoms with Crippen LogP contribution in [0.1, 0.15) is 54.9 Å². The van der Waals surface area contributed by atoms with Crippen molar-refractivity contribution >= 4 is 5.97 Å². The highest BCUT2D eigenvalue weighted by atomic mass is 16.5. The molecule has 0 spiro atoms. The third-order valence-corrected chi connectivity index (χ3v) is 3.96. The van der Waals surface area contributed by atoms with Crippen LogP contribution in [0.3, 0.4) is 0 Å². The first-order valence-corrected chi connectivity index (χ1v) is 6.86. The van der Waals surface area contributed by atoms with Crippen LogP contribution in [0.5, 0.6) is 0 Å². The van der Waals surface area contributed by atoms with Crippen molar-refractivity contribution in [2.75, 3.05) is 6.61 Å². The fraction of sp³-hybridized carbons (Fsp3) is 0.500. The van der Waals surface area contributed by atoms with Gasteiger partial charge in [-0.2, -0.15) is 5.26 Å². The number of nitrogens with zero attached hydrogens (tertiary/aromatic N) is 1. The van der Waals surface area contributed by atoms with E-state index in [1.165, 1.54) is 0 Å². The summed E-state index contributed by atoms with van der Waals surface area (Å²) >= 11 is 0. The summed E-state index contributed by atoms with van der Waals surface area (Å²) in [6, 6.07) is 9.91. The molecule has 1 aliphatic rings. The van der Waals surface area contributed by atoms with Crippen LogP contribution in [0.25, 0.3) is 0 Å². The van der Waals surface area contributed by atoms with Crippen LogP contribution in [-0.4, -0.2) is 12.6 Å². The highest BCUT2D eigenvalue weighted by Crippen LogP contribution is 2.43. The Kier molecular flexibility index (Phi) is 4.21. The molecule has 0 amide bonds. The molecule has 1 saturated carbocycles. The van der Waals surface area contributed by atoms with Gasteiger partial charge in [0, 0.05) is 11.8 Å². The molecular formula is C16H19NO2. The number of benzene rings is 1. The summed E-state index contributed by atoms with van der Waals surface area (Å²) in [4.78, 5) is 11.8. The lowest BCUT2D eigenvalue weighted by Crippen LogP contribution is -2.22. The molecule has 0 aliphatic heterocycles. The first-order chi connectivity index (χ1) is 9.22. The van der Waals surface area contributed by atoms with E-state index in [0.717, 1.165) is 31.2 Å². The highest BCUT2D eigenvalue weighted by molar-refractivity contribution is 5.89. The molecule has 0 heterocycles. The van der Waals surface area contributed by atoms with Crippen LogP contribution >= 0.6 is 0 Å². The summed E-state index contributed by atoms with van der Waals surface area (Å²) in [7, 11) is 0. The van der Waals surface area contributed by atoms with Crippen molar-refractivity contribution in [3.63, 3.8) is 0 Å². The molecule has 1 aliphatic carbocycles. The molecule has 3 heteroatoms. The van der Waals surface area contributed by atoms with Crippen LogP contribution in [0.4, 0.5) is 0 Å². The average molecular weight is 257 g/mol. The van der Waals surface area contributed by atoms with Gasteiger partial charge in [-0.05, 0) is 37.5 Å². The Balaban J connectivity index is 2.31. The van der Waals surface area contributed by atoms with E-state index in [1.807, 2.05) is 18.2 Å². The Morgan fingerprint density at radius 1 is 1.42 bits per heavy atom. The number of rotatable bonds is 4. The van der Waals surface area contributed by atoms with Gasteiger partial charge in [-0.15, -0.1) is 0 Å². The first kappa shape index (κ1) is 13.6. The predicted molar refractivity (Wildman–Crippen MR) is 72.8 cm³/mol. The lowest BCUT2D eigenvalue weighted by Gasteiger charge is -2.27. The van der Waals surface area contributed by atoms with Gasteiger partial charge in [-0.3, -0.25) is 0 Å². The maximum Gasteiger partial charge on any atom is 0.338 e. The molecule has 2 rings (SSSR count). The molecule has 0 N–H and O–H groups in total. The molecule has 100 valence electrons. The second kappa shape index (κ2) is 5.88.